The van der Waals surface area contributed by atoms with Crippen molar-refractivity contribution in [3.63, 3.8) is 0 Å². The highest BCUT2D eigenvalue weighted by Gasteiger charge is 2.62. The van der Waals surface area contributed by atoms with Gasteiger partial charge in [-0.15, -0.1) is 0 Å². The fourth-order valence-corrected chi connectivity index (χ4v) is 3.27. The second-order valence-electron chi connectivity index (χ2n) is 7.22. The Balaban J connectivity index is 1.63. The molecule has 3 rings (SSSR count). The van der Waals surface area contributed by atoms with Gasteiger partial charge < -0.3 is 21.1 Å². The monoisotopic (exact) mass is 354 g/mol. The average molecular weight is 354 g/mol. The van der Waals surface area contributed by atoms with E-state index in [0.29, 0.717) is 24.5 Å². The van der Waals surface area contributed by atoms with Crippen LogP contribution in [0.15, 0.2) is 48.7 Å². The molecule has 1 aliphatic rings. The van der Waals surface area contributed by atoms with Crippen molar-refractivity contribution in [2.45, 2.75) is 38.8 Å². The molecule has 1 heterocycles. The molecule has 6 nitrogen and oxygen atoms in total. The van der Waals surface area contributed by atoms with Crippen molar-refractivity contribution in [2.24, 2.45) is 11.1 Å². The smallest absolute Gasteiger partial charge is 0.245 e. The first-order valence-electron chi connectivity index (χ1n) is 8.87. The molecule has 2 aromatic rings. The van der Waals surface area contributed by atoms with Crippen LogP contribution in [0, 0.1) is 5.41 Å². The molecular weight excluding hydrogens is 328 g/mol. The summed E-state index contributed by atoms with van der Waals surface area (Å²) in [6.07, 6.45) is 2.14. The van der Waals surface area contributed by atoms with Gasteiger partial charge in [-0.1, -0.05) is 32.0 Å². The van der Waals surface area contributed by atoms with E-state index in [2.05, 4.69) is 15.6 Å². The fraction of sp³-hybridized carbons (Fsp3) is 0.400. The van der Waals surface area contributed by atoms with Crippen molar-refractivity contribution in [1.82, 2.24) is 4.98 Å². The van der Waals surface area contributed by atoms with E-state index in [4.69, 9.17) is 10.5 Å². The minimum absolute atomic E-state index is 0.00109. The molecule has 0 spiro atoms. The summed E-state index contributed by atoms with van der Waals surface area (Å²) in [5.41, 5.74) is 6.60. The topological polar surface area (TPSA) is 89.3 Å². The number of nitrogens with zero attached hydrogens (tertiary/aromatic N) is 1. The lowest BCUT2D eigenvalue weighted by molar-refractivity contribution is -0.166. The Morgan fingerprint density at radius 3 is 2.54 bits per heavy atom. The van der Waals surface area contributed by atoms with Crippen LogP contribution in [0.1, 0.15) is 27.2 Å². The van der Waals surface area contributed by atoms with Gasteiger partial charge in [0, 0.05) is 24.1 Å². The number of amides is 1. The first kappa shape index (κ1) is 18.4. The third-order valence-corrected chi connectivity index (χ3v) is 5.30. The summed E-state index contributed by atoms with van der Waals surface area (Å²) >= 11 is 0. The summed E-state index contributed by atoms with van der Waals surface area (Å²) in [5, 5.41) is 6.09. The van der Waals surface area contributed by atoms with E-state index in [-0.39, 0.29) is 12.0 Å². The number of ether oxygens (including phenoxy) is 1. The van der Waals surface area contributed by atoms with Gasteiger partial charge in [0.25, 0.3) is 0 Å². The number of pyridine rings is 1. The molecule has 2 atom stereocenters. The maximum Gasteiger partial charge on any atom is 0.245 e. The molecule has 26 heavy (non-hydrogen) atoms. The summed E-state index contributed by atoms with van der Waals surface area (Å²) in [6, 6.07) is 13.4. The first-order valence-corrected chi connectivity index (χ1v) is 8.87. The zero-order chi connectivity index (χ0) is 18.8. The van der Waals surface area contributed by atoms with Gasteiger partial charge in [-0.3, -0.25) is 4.79 Å². The normalized spacial score (nSPS) is 23.8. The van der Waals surface area contributed by atoms with E-state index >= 15 is 0 Å². The minimum Gasteiger partial charge on any atom is -0.378 e. The Kier molecular flexibility index (Phi) is 4.98. The van der Waals surface area contributed by atoms with Crippen LogP contribution >= 0.6 is 0 Å². The third kappa shape index (κ3) is 3.30. The lowest BCUT2D eigenvalue weighted by Gasteiger charge is -2.57. The van der Waals surface area contributed by atoms with E-state index in [9.17, 15) is 4.79 Å². The molecule has 138 valence electrons. The molecule has 1 saturated carbocycles. The molecule has 1 aliphatic carbocycles. The number of carbonyl (C=O) groups excluding carboxylic acids is 1. The van der Waals surface area contributed by atoms with Gasteiger partial charge in [0.1, 0.15) is 11.4 Å². The van der Waals surface area contributed by atoms with Crippen LogP contribution in [-0.2, 0) is 9.53 Å². The molecule has 0 saturated heterocycles. The SMILES string of the molecule is CCOC1CC(N)(C(=O)Nc2ccc(Nc3ccccc3)nc2)C1(C)C. The standard InChI is InChI=1S/C20H26N4O2/c1-4-26-16-12-20(21,19(16,2)3)18(25)24-15-10-11-17(22-13-15)23-14-8-6-5-7-9-14/h5-11,13,16H,4,12,21H2,1-3H3,(H,22,23)(H,24,25). The van der Waals surface area contributed by atoms with Crippen molar-refractivity contribution in [1.29, 1.82) is 0 Å². The Morgan fingerprint density at radius 1 is 1.23 bits per heavy atom. The van der Waals surface area contributed by atoms with Crippen molar-refractivity contribution in [2.75, 3.05) is 17.2 Å². The molecule has 1 aromatic carbocycles. The number of carbonyl (C=O) groups is 1. The summed E-state index contributed by atoms with van der Waals surface area (Å²) in [7, 11) is 0. The van der Waals surface area contributed by atoms with Crippen LogP contribution in [0.5, 0.6) is 0 Å². The van der Waals surface area contributed by atoms with Gasteiger partial charge >= 0.3 is 0 Å². The summed E-state index contributed by atoms with van der Waals surface area (Å²) in [5.74, 6) is 0.501. The van der Waals surface area contributed by atoms with Gasteiger partial charge in [-0.2, -0.15) is 0 Å². The van der Waals surface area contributed by atoms with Gasteiger partial charge in [0.2, 0.25) is 5.91 Å². The number of hydrogen-bond donors (Lipinski definition) is 3. The number of nitrogens with two attached hydrogens (primary N) is 1. The number of rotatable bonds is 6. The largest absolute Gasteiger partial charge is 0.378 e. The van der Waals surface area contributed by atoms with Crippen LogP contribution in [0.25, 0.3) is 0 Å². The van der Waals surface area contributed by atoms with Crippen molar-refractivity contribution in [3.8, 4) is 0 Å². The summed E-state index contributed by atoms with van der Waals surface area (Å²) < 4.78 is 5.68. The van der Waals surface area contributed by atoms with Crippen LogP contribution in [0.3, 0.4) is 0 Å². The van der Waals surface area contributed by atoms with E-state index < -0.39 is 11.0 Å². The predicted molar refractivity (Wildman–Crippen MR) is 103 cm³/mol. The molecule has 6 heteroatoms. The highest BCUT2D eigenvalue weighted by molar-refractivity contribution is 5.99. The number of anilines is 3. The highest BCUT2D eigenvalue weighted by Crippen LogP contribution is 2.50. The maximum atomic E-state index is 12.7. The number of hydrogen-bond acceptors (Lipinski definition) is 5. The van der Waals surface area contributed by atoms with E-state index in [1.165, 1.54) is 0 Å². The van der Waals surface area contributed by atoms with Crippen LogP contribution in [-0.4, -0.2) is 29.1 Å². The Hall–Kier alpha value is -2.44. The van der Waals surface area contributed by atoms with Crippen LogP contribution in [0.2, 0.25) is 0 Å². The van der Waals surface area contributed by atoms with E-state index in [1.54, 1.807) is 6.20 Å². The Morgan fingerprint density at radius 2 is 1.96 bits per heavy atom. The second kappa shape index (κ2) is 7.05. The molecule has 4 N–H and O–H groups in total. The molecule has 1 amide bonds. The molecule has 1 aromatic heterocycles. The molecule has 2 unspecified atom stereocenters. The van der Waals surface area contributed by atoms with Gasteiger partial charge in [-0.25, -0.2) is 4.98 Å². The van der Waals surface area contributed by atoms with Gasteiger partial charge in [-0.05, 0) is 31.2 Å². The lowest BCUT2D eigenvalue weighted by Crippen LogP contribution is -2.74. The molecule has 0 aliphatic heterocycles. The quantitative estimate of drug-likeness (QED) is 0.741. The minimum atomic E-state index is -0.951. The van der Waals surface area contributed by atoms with E-state index in [1.807, 2.05) is 63.2 Å². The van der Waals surface area contributed by atoms with Crippen molar-refractivity contribution < 1.29 is 9.53 Å². The van der Waals surface area contributed by atoms with Crippen molar-refractivity contribution >= 4 is 23.1 Å². The van der Waals surface area contributed by atoms with Gasteiger partial charge in [0.05, 0.1) is 18.0 Å². The summed E-state index contributed by atoms with van der Waals surface area (Å²) in [6.45, 7) is 6.51. The van der Waals surface area contributed by atoms with Crippen molar-refractivity contribution in [3.05, 3.63) is 48.7 Å². The second-order valence-corrected chi connectivity index (χ2v) is 7.22. The molecule has 0 radical (unpaired) electrons. The van der Waals surface area contributed by atoms with Crippen LogP contribution in [0.4, 0.5) is 17.2 Å². The summed E-state index contributed by atoms with van der Waals surface area (Å²) in [4.78, 5) is 17.1. The number of nitrogens with one attached hydrogen (secondary N) is 2. The predicted octanol–water partition coefficient (Wildman–Crippen LogP) is 3.30. The third-order valence-electron chi connectivity index (χ3n) is 5.30. The lowest BCUT2D eigenvalue weighted by atomic mass is 9.54. The number of para-hydroxylation sites is 1. The highest BCUT2D eigenvalue weighted by atomic mass is 16.5. The number of benzene rings is 1. The van der Waals surface area contributed by atoms with E-state index in [0.717, 1.165) is 5.69 Å². The average Bonchev–Trinajstić information content (AvgIpc) is 2.64. The number of aromatic nitrogens is 1. The molecule has 0 bridgehead atoms. The van der Waals surface area contributed by atoms with Gasteiger partial charge in [0.15, 0.2) is 0 Å². The Bertz CT molecular complexity index is 761. The molecule has 1 fully saturated rings. The zero-order valence-electron chi connectivity index (χ0n) is 15.5. The fourth-order valence-electron chi connectivity index (χ4n) is 3.27. The van der Waals surface area contributed by atoms with Crippen LogP contribution < -0.4 is 16.4 Å². The Labute approximate surface area is 154 Å². The zero-order valence-corrected chi connectivity index (χ0v) is 15.5. The molecular formula is C20H26N4O2. The first-order chi connectivity index (χ1) is 12.4. The maximum absolute atomic E-state index is 12.7.